The van der Waals surface area contributed by atoms with Crippen molar-refractivity contribution in [1.29, 1.82) is 0 Å². The Kier molecular flexibility index (Phi) is 7.71. The third-order valence-corrected chi connectivity index (χ3v) is 4.96. The molecule has 1 aliphatic heterocycles. The van der Waals surface area contributed by atoms with Gasteiger partial charge < -0.3 is 14.8 Å². The van der Waals surface area contributed by atoms with E-state index < -0.39 is 0 Å². The summed E-state index contributed by atoms with van der Waals surface area (Å²) in [4.78, 5) is 27.6. The van der Waals surface area contributed by atoms with Gasteiger partial charge in [0.1, 0.15) is 11.4 Å². The SMILES string of the molecule is CCOc1ccc(NC2=C(c3ccc(Cl)cc3)C(=O)N(CCCOC(C)C)C2=O)cc1. The van der Waals surface area contributed by atoms with Crippen LogP contribution in [0.4, 0.5) is 5.69 Å². The van der Waals surface area contributed by atoms with Gasteiger partial charge in [-0.05, 0) is 69.2 Å². The van der Waals surface area contributed by atoms with Crippen molar-refractivity contribution in [3.05, 3.63) is 64.8 Å². The number of carbonyl (C=O) groups is 2. The second kappa shape index (κ2) is 10.5. The van der Waals surface area contributed by atoms with Gasteiger partial charge in [0.15, 0.2) is 0 Å². The number of nitrogens with one attached hydrogen (secondary N) is 1. The van der Waals surface area contributed by atoms with Crippen molar-refractivity contribution in [1.82, 2.24) is 4.90 Å². The van der Waals surface area contributed by atoms with Crippen LogP contribution in [0.5, 0.6) is 5.75 Å². The first-order valence-corrected chi connectivity index (χ1v) is 10.8. The molecule has 31 heavy (non-hydrogen) atoms. The van der Waals surface area contributed by atoms with E-state index in [1.54, 1.807) is 24.3 Å². The van der Waals surface area contributed by atoms with Gasteiger partial charge in [-0.15, -0.1) is 0 Å². The number of rotatable bonds is 10. The average Bonchev–Trinajstić information content (AvgIpc) is 2.97. The molecule has 164 valence electrons. The number of amides is 2. The first kappa shape index (κ1) is 22.8. The van der Waals surface area contributed by atoms with Crippen LogP contribution in [-0.2, 0) is 14.3 Å². The van der Waals surface area contributed by atoms with E-state index in [0.717, 1.165) is 5.75 Å². The molecule has 2 amide bonds. The number of hydrogen-bond donors (Lipinski definition) is 1. The molecule has 0 saturated heterocycles. The molecule has 0 fully saturated rings. The van der Waals surface area contributed by atoms with Gasteiger partial charge >= 0.3 is 0 Å². The molecule has 0 atom stereocenters. The minimum absolute atomic E-state index is 0.102. The maximum atomic E-state index is 13.2. The fraction of sp³-hybridized carbons (Fsp3) is 0.333. The van der Waals surface area contributed by atoms with Gasteiger partial charge in [-0.3, -0.25) is 14.5 Å². The highest BCUT2D eigenvalue weighted by molar-refractivity contribution is 6.36. The van der Waals surface area contributed by atoms with E-state index in [4.69, 9.17) is 21.1 Å². The van der Waals surface area contributed by atoms with E-state index in [2.05, 4.69) is 5.32 Å². The molecular weight excluding hydrogens is 416 g/mol. The molecule has 2 aromatic rings. The number of imide groups is 1. The smallest absolute Gasteiger partial charge is 0.278 e. The normalized spacial score (nSPS) is 14.0. The Morgan fingerprint density at radius 3 is 2.29 bits per heavy atom. The fourth-order valence-corrected chi connectivity index (χ4v) is 3.39. The van der Waals surface area contributed by atoms with Gasteiger partial charge in [0.25, 0.3) is 11.8 Å². The van der Waals surface area contributed by atoms with Gasteiger partial charge in [0, 0.05) is 23.9 Å². The molecule has 0 spiro atoms. The molecule has 2 aromatic carbocycles. The summed E-state index contributed by atoms with van der Waals surface area (Å²) >= 11 is 6.01. The summed E-state index contributed by atoms with van der Waals surface area (Å²) in [6.45, 7) is 7.15. The van der Waals surface area contributed by atoms with Gasteiger partial charge in [-0.1, -0.05) is 23.7 Å². The molecule has 0 saturated carbocycles. The molecule has 7 heteroatoms. The predicted molar refractivity (Wildman–Crippen MR) is 122 cm³/mol. The highest BCUT2D eigenvalue weighted by Gasteiger charge is 2.38. The lowest BCUT2D eigenvalue weighted by Gasteiger charge is -2.16. The van der Waals surface area contributed by atoms with E-state index in [-0.39, 0.29) is 30.2 Å². The van der Waals surface area contributed by atoms with Crippen molar-refractivity contribution in [2.24, 2.45) is 0 Å². The Morgan fingerprint density at radius 2 is 1.68 bits per heavy atom. The van der Waals surface area contributed by atoms with E-state index >= 15 is 0 Å². The van der Waals surface area contributed by atoms with Gasteiger partial charge in [0.05, 0.1) is 18.3 Å². The molecule has 0 radical (unpaired) electrons. The van der Waals surface area contributed by atoms with Crippen molar-refractivity contribution in [2.45, 2.75) is 33.3 Å². The summed E-state index contributed by atoms with van der Waals surface area (Å²) in [5, 5.41) is 3.70. The second-order valence-electron chi connectivity index (χ2n) is 7.37. The zero-order valence-electron chi connectivity index (χ0n) is 18.0. The zero-order chi connectivity index (χ0) is 22.4. The number of nitrogens with zero attached hydrogens (tertiary/aromatic N) is 1. The Bertz CT molecular complexity index is 953. The quantitative estimate of drug-likeness (QED) is 0.425. The third-order valence-electron chi connectivity index (χ3n) is 4.71. The minimum atomic E-state index is -0.353. The molecule has 1 heterocycles. The molecule has 1 aliphatic rings. The molecule has 0 bridgehead atoms. The van der Waals surface area contributed by atoms with Crippen LogP contribution in [0.2, 0.25) is 5.02 Å². The lowest BCUT2D eigenvalue weighted by Crippen LogP contribution is -2.34. The predicted octanol–water partition coefficient (Wildman–Crippen LogP) is 4.75. The van der Waals surface area contributed by atoms with Crippen LogP contribution in [0, 0.1) is 0 Å². The monoisotopic (exact) mass is 442 g/mol. The van der Waals surface area contributed by atoms with Crippen LogP contribution < -0.4 is 10.1 Å². The number of benzene rings is 2. The van der Waals surface area contributed by atoms with Crippen molar-refractivity contribution < 1.29 is 19.1 Å². The second-order valence-corrected chi connectivity index (χ2v) is 7.81. The first-order valence-electron chi connectivity index (χ1n) is 10.4. The van der Waals surface area contributed by atoms with Crippen LogP contribution in [0.3, 0.4) is 0 Å². The maximum Gasteiger partial charge on any atom is 0.278 e. The van der Waals surface area contributed by atoms with E-state index in [1.807, 2.05) is 45.0 Å². The van der Waals surface area contributed by atoms with E-state index in [0.29, 0.717) is 41.5 Å². The largest absolute Gasteiger partial charge is 0.494 e. The third kappa shape index (κ3) is 5.66. The number of halogens is 1. The van der Waals surface area contributed by atoms with Gasteiger partial charge in [-0.2, -0.15) is 0 Å². The topological polar surface area (TPSA) is 67.9 Å². The molecule has 0 aromatic heterocycles. The van der Waals surface area contributed by atoms with Crippen molar-refractivity contribution >= 4 is 34.7 Å². The van der Waals surface area contributed by atoms with Crippen molar-refractivity contribution in [3.63, 3.8) is 0 Å². The lowest BCUT2D eigenvalue weighted by molar-refractivity contribution is -0.137. The fourth-order valence-electron chi connectivity index (χ4n) is 3.27. The van der Waals surface area contributed by atoms with E-state index in [9.17, 15) is 9.59 Å². The summed E-state index contributed by atoms with van der Waals surface area (Å²) in [6.07, 6.45) is 0.671. The highest BCUT2D eigenvalue weighted by atomic mass is 35.5. The Hall–Kier alpha value is -2.83. The lowest BCUT2D eigenvalue weighted by atomic mass is 10.0. The molecular formula is C24H27ClN2O4. The summed E-state index contributed by atoms with van der Waals surface area (Å²) < 4.78 is 11.0. The molecule has 6 nitrogen and oxygen atoms in total. The van der Waals surface area contributed by atoms with Crippen LogP contribution in [-0.4, -0.2) is 42.6 Å². The molecule has 0 aliphatic carbocycles. The number of hydrogen-bond acceptors (Lipinski definition) is 5. The standard InChI is InChI=1S/C24H27ClN2O4/c1-4-30-20-12-10-19(11-13-20)26-22-21(17-6-8-18(25)9-7-17)23(28)27(24(22)29)14-5-15-31-16(2)3/h6-13,16,26H,4-5,14-15H2,1-3H3. The average molecular weight is 443 g/mol. The number of ether oxygens (including phenoxy) is 2. The van der Waals surface area contributed by atoms with E-state index in [1.165, 1.54) is 4.90 Å². The van der Waals surface area contributed by atoms with Crippen LogP contribution in [0.1, 0.15) is 32.8 Å². The van der Waals surface area contributed by atoms with Crippen molar-refractivity contribution in [3.8, 4) is 5.75 Å². The van der Waals surface area contributed by atoms with Gasteiger partial charge in [-0.25, -0.2) is 0 Å². The molecule has 1 N–H and O–H groups in total. The Morgan fingerprint density at radius 1 is 1.00 bits per heavy atom. The van der Waals surface area contributed by atoms with Crippen LogP contribution >= 0.6 is 11.6 Å². The number of carbonyl (C=O) groups excluding carboxylic acids is 2. The highest BCUT2D eigenvalue weighted by Crippen LogP contribution is 2.31. The first-order chi connectivity index (χ1) is 14.9. The van der Waals surface area contributed by atoms with Crippen LogP contribution in [0.25, 0.3) is 5.57 Å². The summed E-state index contributed by atoms with van der Waals surface area (Å²) in [6, 6.07) is 14.2. The minimum Gasteiger partial charge on any atom is -0.494 e. The maximum absolute atomic E-state index is 13.2. The van der Waals surface area contributed by atoms with Crippen LogP contribution in [0.15, 0.2) is 54.2 Å². The number of anilines is 1. The summed E-state index contributed by atoms with van der Waals surface area (Å²) in [7, 11) is 0. The Labute approximate surface area is 187 Å². The van der Waals surface area contributed by atoms with Crippen molar-refractivity contribution in [2.75, 3.05) is 25.1 Å². The zero-order valence-corrected chi connectivity index (χ0v) is 18.7. The molecule has 0 unspecified atom stereocenters. The van der Waals surface area contributed by atoms with Gasteiger partial charge in [0.2, 0.25) is 0 Å². The summed E-state index contributed by atoms with van der Waals surface area (Å²) in [5.74, 6) is 0.0549. The summed E-state index contributed by atoms with van der Waals surface area (Å²) in [5.41, 5.74) is 1.91. The Balaban J connectivity index is 1.86. The molecule has 3 rings (SSSR count).